The van der Waals surface area contributed by atoms with Gasteiger partial charge in [0.25, 0.3) is 0 Å². The Hall–Kier alpha value is -0.0400. The number of rotatable bonds is 6. The zero-order valence-corrected chi connectivity index (χ0v) is 10.9. The number of hydrogen-bond acceptors (Lipinski definition) is 1. The molecule has 0 spiro atoms. The van der Waals surface area contributed by atoms with Crippen molar-refractivity contribution in [2.75, 3.05) is 13.1 Å². The van der Waals surface area contributed by atoms with Gasteiger partial charge in [0.05, 0.1) is 0 Å². The monoisotopic (exact) mass is 211 g/mol. The van der Waals surface area contributed by atoms with E-state index in [9.17, 15) is 0 Å². The molecule has 1 unspecified atom stereocenters. The van der Waals surface area contributed by atoms with Crippen LogP contribution in [0.3, 0.4) is 0 Å². The topological polar surface area (TPSA) is 12.0 Å². The van der Waals surface area contributed by atoms with Gasteiger partial charge in [0.2, 0.25) is 0 Å². The van der Waals surface area contributed by atoms with E-state index in [-0.39, 0.29) is 0 Å². The van der Waals surface area contributed by atoms with Gasteiger partial charge in [-0.2, -0.15) is 0 Å². The average Bonchev–Trinajstić information content (AvgIpc) is 2.25. The van der Waals surface area contributed by atoms with Gasteiger partial charge in [-0.15, -0.1) is 0 Å². The van der Waals surface area contributed by atoms with Crippen LogP contribution in [0.4, 0.5) is 0 Å². The first-order chi connectivity index (χ1) is 7.24. The molecule has 0 radical (unpaired) electrons. The quantitative estimate of drug-likeness (QED) is 0.704. The van der Waals surface area contributed by atoms with E-state index < -0.39 is 0 Å². The molecule has 1 N–H and O–H groups in total. The summed E-state index contributed by atoms with van der Waals surface area (Å²) >= 11 is 0. The maximum Gasteiger partial charge on any atom is -0.00179 e. The lowest BCUT2D eigenvalue weighted by atomic mass is 9.79. The van der Waals surface area contributed by atoms with Crippen LogP contribution in [0.5, 0.6) is 0 Å². The van der Waals surface area contributed by atoms with Gasteiger partial charge in [-0.25, -0.2) is 0 Å². The minimum Gasteiger partial charge on any atom is -0.316 e. The van der Waals surface area contributed by atoms with Gasteiger partial charge in [-0.3, -0.25) is 0 Å². The Morgan fingerprint density at radius 3 is 2.27 bits per heavy atom. The Labute approximate surface area is 96.0 Å². The Kier molecular flexibility index (Phi) is 6.31. The molecule has 1 fully saturated rings. The first-order valence-corrected chi connectivity index (χ1v) is 6.94. The SMILES string of the molecule is CCC(CNCC(C)C)C1CCCCC1. The maximum absolute atomic E-state index is 3.63. The summed E-state index contributed by atoms with van der Waals surface area (Å²) in [5.74, 6) is 2.74. The van der Waals surface area contributed by atoms with Gasteiger partial charge in [0.1, 0.15) is 0 Å². The molecule has 1 rings (SSSR count). The Morgan fingerprint density at radius 2 is 1.73 bits per heavy atom. The lowest BCUT2D eigenvalue weighted by Gasteiger charge is -2.30. The van der Waals surface area contributed by atoms with Crippen LogP contribution < -0.4 is 5.32 Å². The van der Waals surface area contributed by atoms with Crippen LogP contribution in [0.15, 0.2) is 0 Å². The number of hydrogen-bond donors (Lipinski definition) is 1. The molecule has 90 valence electrons. The second kappa shape index (κ2) is 7.27. The predicted octanol–water partition coefficient (Wildman–Crippen LogP) is 3.84. The van der Waals surface area contributed by atoms with Gasteiger partial charge in [-0.1, -0.05) is 59.3 Å². The molecule has 0 aromatic rings. The van der Waals surface area contributed by atoms with E-state index in [2.05, 4.69) is 26.1 Å². The second-order valence-electron chi connectivity index (χ2n) is 5.62. The van der Waals surface area contributed by atoms with Gasteiger partial charge >= 0.3 is 0 Å². The fourth-order valence-corrected chi connectivity index (χ4v) is 2.81. The third-order valence-corrected chi connectivity index (χ3v) is 3.80. The smallest absolute Gasteiger partial charge is 0.00179 e. The molecule has 1 aliphatic carbocycles. The fraction of sp³-hybridized carbons (Fsp3) is 1.00. The molecular formula is C14H29N. The summed E-state index contributed by atoms with van der Waals surface area (Å²) in [4.78, 5) is 0. The van der Waals surface area contributed by atoms with Crippen molar-refractivity contribution in [2.45, 2.75) is 59.3 Å². The summed E-state index contributed by atoms with van der Waals surface area (Å²) < 4.78 is 0. The predicted molar refractivity (Wildman–Crippen MR) is 68.1 cm³/mol. The van der Waals surface area contributed by atoms with E-state index in [1.165, 1.54) is 51.6 Å². The van der Waals surface area contributed by atoms with Crippen LogP contribution in [-0.2, 0) is 0 Å². The zero-order valence-electron chi connectivity index (χ0n) is 10.9. The van der Waals surface area contributed by atoms with Crippen molar-refractivity contribution < 1.29 is 0 Å². The largest absolute Gasteiger partial charge is 0.316 e. The maximum atomic E-state index is 3.63. The molecule has 0 aromatic carbocycles. The average molecular weight is 211 g/mol. The van der Waals surface area contributed by atoms with Crippen molar-refractivity contribution >= 4 is 0 Å². The van der Waals surface area contributed by atoms with Gasteiger partial charge in [0, 0.05) is 0 Å². The van der Waals surface area contributed by atoms with Crippen LogP contribution in [0.25, 0.3) is 0 Å². The molecule has 1 heteroatoms. The third-order valence-electron chi connectivity index (χ3n) is 3.80. The van der Waals surface area contributed by atoms with Crippen molar-refractivity contribution in [3.63, 3.8) is 0 Å². The van der Waals surface area contributed by atoms with Gasteiger partial charge in [0.15, 0.2) is 0 Å². The van der Waals surface area contributed by atoms with Crippen LogP contribution in [-0.4, -0.2) is 13.1 Å². The summed E-state index contributed by atoms with van der Waals surface area (Å²) in [6, 6.07) is 0. The summed E-state index contributed by atoms with van der Waals surface area (Å²) in [5.41, 5.74) is 0. The molecule has 0 aliphatic heterocycles. The highest BCUT2D eigenvalue weighted by Gasteiger charge is 2.21. The molecule has 1 saturated carbocycles. The van der Waals surface area contributed by atoms with Gasteiger partial charge in [-0.05, 0) is 30.8 Å². The lowest BCUT2D eigenvalue weighted by Crippen LogP contribution is -2.31. The normalized spacial score (nSPS) is 20.8. The number of nitrogens with one attached hydrogen (secondary N) is 1. The van der Waals surface area contributed by atoms with Gasteiger partial charge < -0.3 is 5.32 Å². The van der Waals surface area contributed by atoms with Crippen molar-refractivity contribution in [3.05, 3.63) is 0 Å². The summed E-state index contributed by atoms with van der Waals surface area (Å²) in [6.45, 7) is 9.36. The zero-order chi connectivity index (χ0) is 11.1. The molecule has 1 aliphatic rings. The first-order valence-electron chi connectivity index (χ1n) is 6.94. The standard InChI is InChI=1S/C14H29N/c1-4-13(11-15-10-12(2)3)14-8-6-5-7-9-14/h12-15H,4-11H2,1-3H3. The van der Waals surface area contributed by atoms with E-state index in [1.54, 1.807) is 0 Å². The molecule has 0 heterocycles. The Bertz CT molecular complexity index is 147. The van der Waals surface area contributed by atoms with E-state index in [0.29, 0.717) is 0 Å². The highest BCUT2D eigenvalue weighted by molar-refractivity contribution is 4.75. The van der Waals surface area contributed by atoms with Crippen molar-refractivity contribution in [2.24, 2.45) is 17.8 Å². The second-order valence-corrected chi connectivity index (χ2v) is 5.62. The third kappa shape index (κ3) is 5.01. The highest BCUT2D eigenvalue weighted by atomic mass is 14.9. The Morgan fingerprint density at radius 1 is 1.07 bits per heavy atom. The minimum absolute atomic E-state index is 0.786. The summed E-state index contributed by atoms with van der Waals surface area (Å²) in [6.07, 6.45) is 8.77. The molecule has 15 heavy (non-hydrogen) atoms. The van der Waals surface area contributed by atoms with E-state index in [0.717, 1.165) is 17.8 Å². The molecule has 0 saturated heterocycles. The van der Waals surface area contributed by atoms with Crippen molar-refractivity contribution in [3.8, 4) is 0 Å². The van der Waals surface area contributed by atoms with Crippen LogP contribution in [0, 0.1) is 17.8 Å². The van der Waals surface area contributed by atoms with Crippen LogP contribution in [0.2, 0.25) is 0 Å². The first kappa shape index (κ1) is 13.0. The van der Waals surface area contributed by atoms with Crippen molar-refractivity contribution in [1.82, 2.24) is 5.32 Å². The fourth-order valence-electron chi connectivity index (χ4n) is 2.81. The summed E-state index contributed by atoms with van der Waals surface area (Å²) in [7, 11) is 0. The molecule has 1 atom stereocenters. The van der Waals surface area contributed by atoms with Crippen molar-refractivity contribution in [1.29, 1.82) is 0 Å². The van der Waals surface area contributed by atoms with E-state index >= 15 is 0 Å². The molecule has 1 nitrogen and oxygen atoms in total. The molecular weight excluding hydrogens is 182 g/mol. The molecule has 0 amide bonds. The molecule has 0 aromatic heterocycles. The minimum atomic E-state index is 0.786. The molecule has 0 bridgehead atoms. The summed E-state index contributed by atoms with van der Waals surface area (Å²) in [5, 5.41) is 3.63. The Balaban J connectivity index is 2.21. The van der Waals surface area contributed by atoms with Crippen LogP contribution in [0.1, 0.15) is 59.3 Å². The lowest BCUT2D eigenvalue weighted by molar-refractivity contribution is 0.233. The van der Waals surface area contributed by atoms with E-state index in [1.807, 2.05) is 0 Å². The van der Waals surface area contributed by atoms with E-state index in [4.69, 9.17) is 0 Å². The van der Waals surface area contributed by atoms with Crippen LogP contribution >= 0.6 is 0 Å². The highest BCUT2D eigenvalue weighted by Crippen LogP contribution is 2.31.